The van der Waals surface area contributed by atoms with Crippen molar-refractivity contribution in [2.45, 2.75) is 76.0 Å². The van der Waals surface area contributed by atoms with Crippen LogP contribution in [-0.2, 0) is 15.0 Å². The number of nitrogens with zero attached hydrogens (tertiary/aromatic N) is 1. The Morgan fingerprint density at radius 1 is 1.10 bits per heavy atom. The Balaban J connectivity index is 0.00000308. The van der Waals surface area contributed by atoms with Crippen LogP contribution in [0.4, 0.5) is 14.5 Å². The number of benzene rings is 2. The summed E-state index contributed by atoms with van der Waals surface area (Å²) in [4.78, 5) is 29.9. The molecule has 4 rings (SSSR count). The molecule has 42 heavy (non-hydrogen) atoms. The second-order valence-electron chi connectivity index (χ2n) is 12.5. The van der Waals surface area contributed by atoms with Gasteiger partial charge in [0, 0.05) is 30.6 Å². The fourth-order valence-electron chi connectivity index (χ4n) is 6.37. The number of halogens is 6. The number of fused-ring (bicyclic) bond motifs is 2. The normalized spacial score (nSPS) is 23.8. The Hall–Kier alpha value is -1.52. The summed E-state index contributed by atoms with van der Waals surface area (Å²) in [5, 5.41) is 16.4. The van der Waals surface area contributed by atoms with Gasteiger partial charge in [0.2, 0.25) is 5.91 Å². The van der Waals surface area contributed by atoms with Crippen molar-refractivity contribution >= 4 is 65.4 Å². The lowest BCUT2D eigenvalue weighted by Crippen LogP contribution is -2.49. The summed E-state index contributed by atoms with van der Waals surface area (Å²) in [6.07, 6.45) is 0.960. The number of hydrogen-bond acceptors (Lipinski definition) is 5. The Morgan fingerprint density at radius 2 is 1.74 bits per heavy atom. The molecule has 0 aliphatic carbocycles. The summed E-state index contributed by atoms with van der Waals surface area (Å²) in [6.45, 7) is 6.57. The van der Waals surface area contributed by atoms with Crippen molar-refractivity contribution in [3.63, 3.8) is 0 Å². The molecule has 1 saturated heterocycles. The van der Waals surface area contributed by atoms with Gasteiger partial charge in [-0.2, -0.15) is 0 Å². The molecule has 2 aromatic carbocycles. The number of hydrogen-bond donors (Lipinski definition) is 3. The molecule has 0 saturated carbocycles. The zero-order chi connectivity index (χ0) is 29.6. The molecule has 2 aliphatic rings. The first kappa shape index (κ1) is 36.7. The molecule has 5 atom stereocenters. The van der Waals surface area contributed by atoms with Crippen molar-refractivity contribution in [1.82, 2.24) is 10.2 Å². The van der Waals surface area contributed by atoms with Gasteiger partial charge < -0.3 is 20.6 Å². The number of aliphatic hydroxyl groups excluding tert-OH is 1. The summed E-state index contributed by atoms with van der Waals surface area (Å²) in [6, 6.07) is 5.47. The second kappa shape index (κ2) is 14.1. The molecule has 2 aromatic rings. The maximum Gasteiger partial charge on any atom is 0.237 e. The topological polar surface area (TPSA) is 81.7 Å². The number of carbonyl (C=O) groups excluding carboxylic acids is 2. The number of amides is 1. The predicted octanol–water partition coefficient (Wildman–Crippen LogP) is 6.53. The van der Waals surface area contributed by atoms with E-state index >= 15 is 0 Å². The quantitative estimate of drug-likeness (QED) is 0.283. The van der Waals surface area contributed by atoms with Crippen LogP contribution in [0.2, 0.25) is 10.0 Å². The third-order valence-electron chi connectivity index (χ3n) is 7.89. The van der Waals surface area contributed by atoms with E-state index in [9.17, 15) is 23.5 Å². The van der Waals surface area contributed by atoms with Crippen molar-refractivity contribution in [2.75, 3.05) is 26.0 Å². The minimum atomic E-state index is -1.39. The van der Waals surface area contributed by atoms with E-state index in [-0.39, 0.29) is 58.4 Å². The van der Waals surface area contributed by atoms with E-state index in [1.54, 1.807) is 0 Å². The van der Waals surface area contributed by atoms with Gasteiger partial charge in [0.05, 0.1) is 22.2 Å². The van der Waals surface area contributed by atoms with Crippen LogP contribution in [0.3, 0.4) is 0 Å². The molecule has 0 aromatic heterocycles. The van der Waals surface area contributed by atoms with Crippen molar-refractivity contribution in [3.05, 3.63) is 63.1 Å². The number of aliphatic hydroxyl groups is 1. The van der Waals surface area contributed by atoms with E-state index in [1.807, 2.05) is 39.8 Å². The summed E-state index contributed by atoms with van der Waals surface area (Å²) < 4.78 is 29.3. The molecule has 1 spiro atoms. The van der Waals surface area contributed by atoms with Crippen LogP contribution in [-0.4, -0.2) is 60.5 Å². The van der Waals surface area contributed by atoms with E-state index < -0.39 is 41.2 Å². The lowest BCUT2D eigenvalue weighted by Gasteiger charge is -2.37. The Morgan fingerprint density at radius 3 is 2.33 bits per heavy atom. The molecule has 12 heteroatoms. The zero-order valence-electron chi connectivity index (χ0n) is 24.3. The predicted molar refractivity (Wildman–Crippen MR) is 169 cm³/mol. The molecule has 1 fully saturated rings. The van der Waals surface area contributed by atoms with Crippen molar-refractivity contribution in [3.8, 4) is 0 Å². The number of carbonyl (C=O) groups is 2. The summed E-state index contributed by atoms with van der Waals surface area (Å²) in [7, 11) is 3.73. The fraction of sp³-hybridized carbons (Fsp3) is 0.533. The van der Waals surface area contributed by atoms with Gasteiger partial charge in [-0.25, -0.2) is 8.78 Å². The van der Waals surface area contributed by atoms with Gasteiger partial charge in [-0.05, 0) is 74.2 Å². The summed E-state index contributed by atoms with van der Waals surface area (Å²) in [5.41, 5.74) is -0.365. The number of ketones is 1. The molecule has 3 N–H and O–H groups in total. The minimum Gasteiger partial charge on any atom is -0.392 e. The number of rotatable bonds is 9. The van der Waals surface area contributed by atoms with Gasteiger partial charge in [0.15, 0.2) is 0 Å². The van der Waals surface area contributed by atoms with Crippen LogP contribution >= 0.6 is 48.0 Å². The molecule has 0 unspecified atom stereocenters. The maximum absolute atomic E-state index is 15.0. The maximum atomic E-state index is 15.0. The van der Waals surface area contributed by atoms with E-state index in [1.165, 1.54) is 30.3 Å². The number of Topliss-reactive ketones (excluding diaryl/α,β-unsaturated/α-hetero) is 1. The third kappa shape index (κ3) is 7.23. The number of likely N-dealkylation sites (N-methyl/N-ethyl adjacent to an activating group) is 1. The smallest absolute Gasteiger partial charge is 0.237 e. The molecule has 6 nitrogen and oxygen atoms in total. The molecule has 1 amide bonds. The van der Waals surface area contributed by atoms with E-state index in [0.29, 0.717) is 42.6 Å². The Labute approximate surface area is 268 Å². The highest BCUT2D eigenvalue weighted by Gasteiger charge is 2.65. The van der Waals surface area contributed by atoms with Gasteiger partial charge in [-0.15, -0.1) is 24.8 Å². The highest BCUT2D eigenvalue weighted by molar-refractivity contribution is 6.31. The Kier molecular flexibility index (Phi) is 12.3. The SMILES string of the molecule is CN(C)C[C@@H](O)CCCC(=O)[C@@H]1N[C@H](CC(C)(C)C)[C@]2(C(=O)Nc3cc(Cl)c(F)cc32)[C@H]1c1ccc(F)c(Cl)c1.Cl.Cl. The number of nitrogens with one attached hydrogen (secondary N) is 2. The first-order valence-corrected chi connectivity index (χ1v) is 14.3. The van der Waals surface area contributed by atoms with E-state index in [0.717, 1.165) is 0 Å². The van der Waals surface area contributed by atoms with Gasteiger partial charge in [0.1, 0.15) is 22.8 Å². The lowest BCUT2D eigenvalue weighted by atomic mass is 9.62. The second-order valence-corrected chi connectivity index (χ2v) is 13.3. The highest BCUT2D eigenvalue weighted by Crippen LogP contribution is 2.57. The highest BCUT2D eigenvalue weighted by atomic mass is 35.5. The van der Waals surface area contributed by atoms with Crippen LogP contribution in [0.15, 0.2) is 30.3 Å². The standard InChI is InChI=1S/C30H37Cl2F2N3O3.2ClH/c1-29(2,3)14-25-30(18-12-22(34)20(32)13-23(18)35-28(30)40)26(16-9-10-21(33)19(31)11-16)27(36-25)24(39)8-6-7-17(38)15-37(4)5;;/h9-13,17,25-27,36,38H,6-8,14-15H2,1-5H3,(H,35,40);2*1H/t17-,25+,26-,27-,30-;;/m0../s1. The minimum absolute atomic E-state index is 0. The van der Waals surface area contributed by atoms with Crippen LogP contribution in [0.5, 0.6) is 0 Å². The molecular weight excluding hydrogens is 630 g/mol. The average molecular weight is 669 g/mol. The third-order valence-corrected chi connectivity index (χ3v) is 8.47. The Bertz CT molecular complexity index is 1310. The fourth-order valence-corrected chi connectivity index (χ4v) is 6.72. The molecule has 0 radical (unpaired) electrons. The van der Waals surface area contributed by atoms with Crippen molar-refractivity contribution < 1.29 is 23.5 Å². The molecule has 2 aliphatic heterocycles. The van der Waals surface area contributed by atoms with Crippen LogP contribution < -0.4 is 10.6 Å². The van der Waals surface area contributed by atoms with Crippen molar-refractivity contribution in [1.29, 1.82) is 0 Å². The summed E-state index contributed by atoms with van der Waals surface area (Å²) in [5.74, 6) is -2.63. The molecule has 234 valence electrons. The van der Waals surface area contributed by atoms with E-state index in [2.05, 4.69) is 10.6 Å². The van der Waals surface area contributed by atoms with Crippen LogP contribution in [0.25, 0.3) is 0 Å². The van der Waals surface area contributed by atoms with Gasteiger partial charge in [-0.1, -0.05) is 50.0 Å². The van der Waals surface area contributed by atoms with Gasteiger partial charge in [0.25, 0.3) is 0 Å². The first-order chi connectivity index (χ1) is 18.6. The summed E-state index contributed by atoms with van der Waals surface area (Å²) >= 11 is 12.3. The zero-order valence-corrected chi connectivity index (χ0v) is 27.4. The van der Waals surface area contributed by atoms with Crippen LogP contribution in [0.1, 0.15) is 63.5 Å². The van der Waals surface area contributed by atoms with Gasteiger partial charge >= 0.3 is 0 Å². The van der Waals surface area contributed by atoms with Crippen LogP contribution in [0, 0.1) is 17.0 Å². The first-order valence-electron chi connectivity index (χ1n) is 13.5. The van der Waals surface area contributed by atoms with Crippen molar-refractivity contribution in [2.24, 2.45) is 5.41 Å². The lowest BCUT2D eigenvalue weighted by molar-refractivity contribution is -0.122. The number of anilines is 1. The monoisotopic (exact) mass is 667 g/mol. The average Bonchev–Trinajstić information content (AvgIpc) is 3.30. The molecule has 2 heterocycles. The molecular formula is C30H39Cl4F2N3O3. The van der Waals surface area contributed by atoms with Gasteiger partial charge in [-0.3, -0.25) is 9.59 Å². The molecule has 0 bridgehead atoms. The van der Waals surface area contributed by atoms with E-state index in [4.69, 9.17) is 23.2 Å². The largest absolute Gasteiger partial charge is 0.392 e.